The van der Waals surface area contributed by atoms with Crippen molar-refractivity contribution >= 4 is 28.2 Å². The zero-order valence-corrected chi connectivity index (χ0v) is 19.0. The Morgan fingerprint density at radius 3 is 2.43 bits per heavy atom. The molecule has 4 aromatic rings. The number of aromatic nitrogens is 2. The molecule has 0 saturated carbocycles. The van der Waals surface area contributed by atoms with Gasteiger partial charge < -0.3 is 14.3 Å². The van der Waals surface area contributed by atoms with Gasteiger partial charge in [-0.1, -0.05) is 12.1 Å². The third-order valence-electron chi connectivity index (χ3n) is 4.73. The van der Waals surface area contributed by atoms with E-state index in [1.807, 2.05) is 0 Å². The number of aliphatic hydroxyl groups is 1. The molecule has 0 aliphatic carbocycles. The number of ether oxygens (including phenoxy) is 1. The minimum atomic E-state index is -1.17. The monoisotopic (exact) mass is 495 g/mol. The number of anilines is 1. The van der Waals surface area contributed by atoms with Crippen LogP contribution >= 0.6 is 11.8 Å². The van der Waals surface area contributed by atoms with Crippen molar-refractivity contribution in [2.75, 3.05) is 12.5 Å². The van der Waals surface area contributed by atoms with Gasteiger partial charge in [-0.15, -0.1) is 10.2 Å². The van der Waals surface area contributed by atoms with Crippen molar-refractivity contribution in [1.29, 1.82) is 0 Å². The molecule has 4 rings (SSSR count). The molecule has 0 spiro atoms. The van der Waals surface area contributed by atoms with Gasteiger partial charge in [-0.2, -0.15) is 5.10 Å². The molecule has 3 aromatic carbocycles. The smallest absolute Gasteiger partial charge is 0.283 e. The molecule has 0 fully saturated rings. The first-order valence-electron chi connectivity index (χ1n) is 10.1. The molecule has 1 heterocycles. The van der Waals surface area contributed by atoms with Crippen molar-refractivity contribution in [2.24, 2.45) is 5.10 Å². The Morgan fingerprint density at radius 2 is 1.80 bits per heavy atom. The van der Waals surface area contributed by atoms with Gasteiger partial charge in [0, 0.05) is 17.7 Å². The molecule has 10 nitrogen and oxygen atoms in total. The molecular weight excluding hydrogens is 477 g/mol. The third kappa shape index (κ3) is 5.99. The largest absolute Gasteiger partial charge is 0.497 e. The Balaban J connectivity index is 1.59. The van der Waals surface area contributed by atoms with Crippen LogP contribution in [0.4, 0.5) is 15.8 Å². The predicted molar refractivity (Wildman–Crippen MR) is 128 cm³/mol. The van der Waals surface area contributed by atoms with Crippen molar-refractivity contribution in [2.45, 2.75) is 11.3 Å². The number of aliphatic hydroxyl groups excluding tert-OH is 1. The van der Waals surface area contributed by atoms with E-state index in [1.54, 1.807) is 24.3 Å². The number of nitro benzene ring substituents is 1. The van der Waals surface area contributed by atoms with Crippen LogP contribution in [-0.4, -0.2) is 32.4 Å². The summed E-state index contributed by atoms with van der Waals surface area (Å²) < 4.78 is 24.0. The molecule has 1 unspecified atom stereocenters. The molecule has 178 valence electrons. The lowest BCUT2D eigenvalue weighted by Crippen LogP contribution is -2.11. The van der Waals surface area contributed by atoms with Gasteiger partial charge in [0.1, 0.15) is 22.7 Å². The molecule has 0 aliphatic rings. The van der Waals surface area contributed by atoms with E-state index in [0.717, 1.165) is 11.8 Å². The number of hydrogen-bond acceptors (Lipinski definition) is 10. The van der Waals surface area contributed by atoms with Crippen molar-refractivity contribution < 1.29 is 23.6 Å². The molecule has 0 radical (unpaired) electrons. The maximum absolute atomic E-state index is 13.2. The highest BCUT2D eigenvalue weighted by atomic mass is 32.2. The highest BCUT2D eigenvalue weighted by molar-refractivity contribution is 8.13. The summed E-state index contributed by atoms with van der Waals surface area (Å²) >= 11 is 0.931. The summed E-state index contributed by atoms with van der Waals surface area (Å²) in [6.45, 7) is 0. The lowest BCUT2D eigenvalue weighted by atomic mass is 10.1. The lowest BCUT2D eigenvalue weighted by molar-refractivity contribution is -0.384. The summed E-state index contributed by atoms with van der Waals surface area (Å²) in [6.07, 6.45) is -1.17. The highest BCUT2D eigenvalue weighted by Gasteiger charge is 2.21. The van der Waals surface area contributed by atoms with Crippen LogP contribution in [0.1, 0.15) is 11.7 Å². The normalized spacial score (nSPS) is 12.3. The first kappa shape index (κ1) is 23.9. The summed E-state index contributed by atoms with van der Waals surface area (Å²) in [5.41, 5.74) is 4.24. The Kier molecular flexibility index (Phi) is 7.33. The summed E-state index contributed by atoms with van der Waals surface area (Å²) in [7, 11) is 1.54. The fraction of sp³-hybridized carbons (Fsp3) is 0.0870. The average molecular weight is 495 g/mol. The quantitative estimate of drug-likeness (QED) is 0.113. The van der Waals surface area contributed by atoms with Gasteiger partial charge in [0.25, 0.3) is 10.9 Å². The van der Waals surface area contributed by atoms with Gasteiger partial charge in [0.2, 0.25) is 5.89 Å². The van der Waals surface area contributed by atoms with E-state index in [-0.39, 0.29) is 21.8 Å². The van der Waals surface area contributed by atoms with Crippen molar-refractivity contribution in [1.82, 2.24) is 10.2 Å². The maximum atomic E-state index is 13.2. The number of thioether (sulfide) groups is 1. The van der Waals surface area contributed by atoms with E-state index >= 15 is 0 Å². The van der Waals surface area contributed by atoms with Crippen LogP contribution in [0.2, 0.25) is 0 Å². The van der Waals surface area contributed by atoms with Gasteiger partial charge in [-0.3, -0.25) is 15.5 Å². The SMILES string of the molecule is COc1ccc(C(O)C(=NNc2ccc([N+](=O)[O-])cc2)Sc2nnc(-c3ccc(F)cc3)o2)cc1. The van der Waals surface area contributed by atoms with Crippen LogP contribution in [0.25, 0.3) is 11.5 Å². The Hall–Kier alpha value is -4.29. The number of hydrogen-bond donors (Lipinski definition) is 2. The van der Waals surface area contributed by atoms with Crippen LogP contribution in [0.5, 0.6) is 5.75 Å². The van der Waals surface area contributed by atoms with E-state index in [0.29, 0.717) is 22.6 Å². The van der Waals surface area contributed by atoms with E-state index in [9.17, 15) is 19.6 Å². The van der Waals surface area contributed by atoms with E-state index in [4.69, 9.17) is 9.15 Å². The van der Waals surface area contributed by atoms with Gasteiger partial charge in [-0.25, -0.2) is 4.39 Å². The summed E-state index contributed by atoms with van der Waals surface area (Å²) in [5, 5.41) is 34.4. The van der Waals surface area contributed by atoms with Crippen molar-refractivity contribution in [3.63, 3.8) is 0 Å². The number of non-ortho nitro benzene ring substituents is 1. The van der Waals surface area contributed by atoms with Crippen molar-refractivity contribution in [3.05, 3.63) is 94.3 Å². The number of nitro groups is 1. The van der Waals surface area contributed by atoms with Gasteiger partial charge >= 0.3 is 0 Å². The zero-order chi connectivity index (χ0) is 24.8. The average Bonchev–Trinajstić information content (AvgIpc) is 3.35. The molecule has 1 atom stereocenters. The molecule has 35 heavy (non-hydrogen) atoms. The van der Waals surface area contributed by atoms with Gasteiger partial charge in [0.15, 0.2) is 0 Å². The number of methoxy groups -OCH3 is 1. The van der Waals surface area contributed by atoms with E-state index in [2.05, 4.69) is 20.7 Å². The second-order valence-corrected chi connectivity index (χ2v) is 8.00. The zero-order valence-electron chi connectivity index (χ0n) is 18.2. The predicted octanol–water partition coefficient (Wildman–Crippen LogP) is 5.04. The second kappa shape index (κ2) is 10.8. The Morgan fingerprint density at radius 1 is 1.11 bits per heavy atom. The van der Waals surface area contributed by atoms with E-state index < -0.39 is 16.8 Å². The number of benzene rings is 3. The number of hydrazone groups is 1. The summed E-state index contributed by atoms with van der Waals surface area (Å²) in [4.78, 5) is 10.4. The van der Waals surface area contributed by atoms with Crippen LogP contribution in [0.3, 0.4) is 0 Å². The van der Waals surface area contributed by atoms with Crippen molar-refractivity contribution in [3.8, 4) is 17.2 Å². The molecule has 0 amide bonds. The summed E-state index contributed by atoms with van der Waals surface area (Å²) in [6, 6.07) is 18.0. The first-order valence-corrected chi connectivity index (χ1v) is 10.9. The molecule has 1 aromatic heterocycles. The fourth-order valence-electron chi connectivity index (χ4n) is 2.90. The first-order chi connectivity index (χ1) is 16.9. The van der Waals surface area contributed by atoms with Gasteiger partial charge in [-0.05, 0) is 65.9 Å². The number of halogens is 1. The fourth-order valence-corrected chi connectivity index (χ4v) is 3.62. The molecule has 0 bridgehead atoms. The molecule has 0 saturated heterocycles. The van der Waals surface area contributed by atoms with Gasteiger partial charge in [0.05, 0.1) is 17.7 Å². The van der Waals surface area contributed by atoms with Crippen LogP contribution < -0.4 is 10.2 Å². The Bertz CT molecular complexity index is 1330. The minimum Gasteiger partial charge on any atom is -0.497 e. The second-order valence-electron chi connectivity index (χ2n) is 7.02. The van der Waals surface area contributed by atoms with E-state index in [1.165, 1.54) is 55.6 Å². The third-order valence-corrected chi connectivity index (χ3v) is 5.59. The Labute approximate surface area is 202 Å². The molecule has 12 heteroatoms. The minimum absolute atomic E-state index is 0.0634. The van der Waals surface area contributed by atoms with Crippen LogP contribution in [0, 0.1) is 15.9 Å². The molecule has 2 N–H and O–H groups in total. The number of nitrogens with one attached hydrogen (secondary N) is 1. The maximum Gasteiger partial charge on any atom is 0.283 e. The highest BCUT2D eigenvalue weighted by Crippen LogP contribution is 2.30. The summed E-state index contributed by atoms with van der Waals surface area (Å²) in [5.74, 6) is 0.406. The number of nitrogens with zero attached hydrogens (tertiary/aromatic N) is 4. The molecule has 0 aliphatic heterocycles. The van der Waals surface area contributed by atoms with Crippen LogP contribution in [0.15, 0.2) is 87.5 Å². The number of rotatable bonds is 8. The molecular formula is C23H18FN5O5S. The standard InChI is InChI=1S/C23H18FN5O5S/c1-33-19-12-4-14(5-13-19)20(30)22(27-25-17-8-10-18(11-9-17)29(31)32)35-23-28-26-21(34-23)15-2-6-16(24)7-3-15/h2-13,20,25,30H,1H3. The van der Waals surface area contributed by atoms with Crippen LogP contribution in [-0.2, 0) is 0 Å². The topological polar surface area (TPSA) is 136 Å². The lowest BCUT2D eigenvalue weighted by Gasteiger charge is -2.13.